The van der Waals surface area contributed by atoms with Gasteiger partial charge in [0.2, 0.25) is 0 Å². The Bertz CT molecular complexity index is 1090. The first-order chi connectivity index (χ1) is 16.0. The molecule has 0 bridgehead atoms. The van der Waals surface area contributed by atoms with Gasteiger partial charge in [0.15, 0.2) is 0 Å². The Morgan fingerprint density at radius 2 is 1.79 bits per heavy atom. The molecule has 1 atom stereocenters. The fourth-order valence-corrected chi connectivity index (χ4v) is 5.61. The maximum atomic E-state index is 13.3. The van der Waals surface area contributed by atoms with Crippen LogP contribution in [0, 0.1) is 5.92 Å². The van der Waals surface area contributed by atoms with Gasteiger partial charge in [-0.2, -0.15) is 0 Å². The molecule has 2 aliphatic carbocycles. The van der Waals surface area contributed by atoms with Gasteiger partial charge in [-0.05, 0) is 60.2 Å². The van der Waals surface area contributed by atoms with Crippen LogP contribution in [0.25, 0.3) is 0 Å². The summed E-state index contributed by atoms with van der Waals surface area (Å²) >= 11 is 5.57. The number of likely N-dealkylation sites (tertiary alicyclic amines) is 1. The molecule has 176 valence electrons. The highest BCUT2D eigenvalue weighted by Crippen LogP contribution is 2.31. The number of hydrogen-bond donors (Lipinski definition) is 2. The number of benzene rings is 1. The number of urea groups is 1. The number of amides is 2. The van der Waals surface area contributed by atoms with Gasteiger partial charge >= 0.3 is 6.03 Å². The largest absolute Gasteiger partial charge is 0.335 e. The number of halogens is 1. The van der Waals surface area contributed by atoms with Crippen molar-refractivity contribution in [3.8, 4) is 0 Å². The van der Waals surface area contributed by atoms with Gasteiger partial charge in [0.25, 0.3) is 10.0 Å². The number of piperidine rings is 1. The molecule has 1 aromatic rings. The third kappa shape index (κ3) is 5.95. The van der Waals surface area contributed by atoms with Gasteiger partial charge in [0.05, 0.1) is 11.4 Å². The molecule has 0 aromatic heterocycles. The lowest BCUT2D eigenvalue weighted by atomic mass is 9.88. The zero-order valence-electron chi connectivity index (χ0n) is 18.4. The molecule has 33 heavy (non-hydrogen) atoms. The Hall–Kier alpha value is -2.39. The molecule has 2 amide bonds. The number of sulfonamides is 1. The predicted octanol–water partition coefficient (Wildman–Crippen LogP) is 4.13. The van der Waals surface area contributed by atoms with Crippen LogP contribution in [0.2, 0.25) is 0 Å². The topological polar surface area (TPSA) is 81.8 Å². The summed E-state index contributed by atoms with van der Waals surface area (Å²) in [6, 6.07) is 7.24. The minimum atomic E-state index is -3.89. The van der Waals surface area contributed by atoms with Gasteiger partial charge in [0.1, 0.15) is 0 Å². The van der Waals surface area contributed by atoms with Crippen molar-refractivity contribution in [3.63, 3.8) is 0 Å². The predicted molar refractivity (Wildman–Crippen MR) is 130 cm³/mol. The molecular weight excluding hydrogens is 460 g/mol. The lowest BCUT2D eigenvalue weighted by Crippen LogP contribution is -2.52. The van der Waals surface area contributed by atoms with E-state index in [2.05, 4.69) is 9.67 Å². The van der Waals surface area contributed by atoms with Gasteiger partial charge in [-0.3, -0.25) is 0 Å². The molecule has 1 unspecified atom stereocenters. The molecule has 0 saturated carbocycles. The summed E-state index contributed by atoms with van der Waals surface area (Å²) in [5, 5.41) is 1.23. The molecule has 3 aliphatic rings. The second kappa shape index (κ2) is 10.7. The van der Waals surface area contributed by atoms with Crippen LogP contribution < -0.4 is 9.67 Å². The Morgan fingerprint density at radius 1 is 1.06 bits per heavy atom. The second-order valence-corrected chi connectivity index (χ2v) is 10.5. The number of rotatable bonds is 7. The van der Waals surface area contributed by atoms with E-state index in [-0.39, 0.29) is 23.4 Å². The van der Waals surface area contributed by atoms with Crippen molar-refractivity contribution in [3.05, 3.63) is 82.3 Å². The Morgan fingerprint density at radius 3 is 2.52 bits per heavy atom. The SMILES string of the molecule is O=C(N1CCCCC1)N(Cc1ccc(CNCl)cc1)NS(=O)(=O)C1=CC=C2C=CC=CC2C1. The van der Waals surface area contributed by atoms with Crippen LogP contribution in [0.4, 0.5) is 4.79 Å². The monoisotopic (exact) mass is 488 g/mol. The summed E-state index contributed by atoms with van der Waals surface area (Å²) in [4.78, 5) is 20.5. The smallest absolute Gasteiger partial charge is 0.324 e. The quantitative estimate of drug-likeness (QED) is 0.446. The number of hydrogen-bond acceptors (Lipinski definition) is 4. The highest BCUT2D eigenvalue weighted by molar-refractivity contribution is 7.93. The molecule has 1 aliphatic heterocycles. The first-order valence-corrected chi connectivity index (χ1v) is 13.1. The lowest BCUT2D eigenvalue weighted by molar-refractivity contribution is 0.132. The summed E-state index contributed by atoms with van der Waals surface area (Å²) in [7, 11) is -3.89. The highest BCUT2D eigenvalue weighted by Gasteiger charge is 2.30. The van der Waals surface area contributed by atoms with Crippen LogP contribution in [0.15, 0.2) is 71.2 Å². The van der Waals surface area contributed by atoms with Crippen molar-refractivity contribution in [1.82, 2.24) is 19.6 Å². The summed E-state index contributed by atoms with van der Waals surface area (Å²) in [6.07, 6.45) is 14.6. The number of carbonyl (C=O) groups is 1. The molecule has 1 aromatic carbocycles. The van der Waals surface area contributed by atoms with Gasteiger partial charge < -0.3 is 4.90 Å². The number of nitrogens with one attached hydrogen (secondary N) is 2. The van der Waals surface area contributed by atoms with Crippen LogP contribution in [0.1, 0.15) is 36.8 Å². The van der Waals surface area contributed by atoms with Gasteiger partial charge in [0, 0.05) is 25.6 Å². The van der Waals surface area contributed by atoms with Crippen LogP contribution in [0.5, 0.6) is 0 Å². The van der Waals surface area contributed by atoms with E-state index in [1.807, 2.05) is 54.6 Å². The van der Waals surface area contributed by atoms with Crippen molar-refractivity contribution in [1.29, 1.82) is 0 Å². The third-order valence-corrected chi connectivity index (χ3v) is 7.71. The van der Waals surface area contributed by atoms with Crippen molar-refractivity contribution in [2.45, 2.75) is 38.8 Å². The van der Waals surface area contributed by atoms with E-state index in [0.717, 1.165) is 36.0 Å². The average Bonchev–Trinajstić information content (AvgIpc) is 2.84. The second-order valence-electron chi connectivity index (χ2n) is 8.49. The van der Waals surface area contributed by atoms with E-state index in [9.17, 15) is 13.2 Å². The summed E-state index contributed by atoms with van der Waals surface area (Å²) in [5.74, 6) is 0.0286. The van der Waals surface area contributed by atoms with Gasteiger partial charge in [-0.1, -0.05) is 54.6 Å². The Balaban J connectivity index is 1.55. The number of fused-ring (bicyclic) bond motifs is 1. The number of nitrogens with zero attached hydrogens (tertiary/aromatic N) is 2. The molecule has 0 spiro atoms. The number of hydrazine groups is 1. The maximum Gasteiger partial charge on any atom is 0.335 e. The number of allylic oxidation sites excluding steroid dienone is 8. The van der Waals surface area contributed by atoms with E-state index in [4.69, 9.17) is 11.8 Å². The molecule has 1 heterocycles. The summed E-state index contributed by atoms with van der Waals surface area (Å²) in [5.41, 5.74) is 2.90. The molecule has 2 N–H and O–H groups in total. The summed E-state index contributed by atoms with van der Waals surface area (Å²) < 4.78 is 26.6. The highest BCUT2D eigenvalue weighted by atomic mass is 35.5. The fourth-order valence-electron chi connectivity index (χ4n) is 4.26. The first kappa shape index (κ1) is 23.8. The molecular formula is C24H29ClN4O3S. The molecule has 1 fully saturated rings. The molecule has 9 heteroatoms. The zero-order chi connectivity index (χ0) is 23.3. The van der Waals surface area contributed by atoms with Crippen LogP contribution in [0.3, 0.4) is 0 Å². The summed E-state index contributed by atoms with van der Waals surface area (Å²) in [6.45, 7) is 1.90. The number of carbonyl (C=O) groups excluding carboxylic acids is 1. The Kier molecular flexibility index (Phi) is 7.70. The van der Waals surface area contributed by atoms with Gasteiger partial charge in [-0.15, -0.1) is 4.83 Å². The molecule has 4 rings (SSSR count). The van der Waals surface area contributed by atoms with Crippen molar-refractivity contribution in [2.75, 3.05) is 13.1 Å². The van der Waals surface area contributed by atoms with E-state index < -0.39 is 10.0 Å². The van der Waals surface area contributed by atoms with E-state index in [1.165, 1.54) is 5.01 Å². The lowest BCUT2D eigenvalue weighted by Gasteiger charge is -2.33. The standard InChI is InChI=1S/C24H29ClN4O3S/c25-26-17-19-8-10-20(11-9-19)18-29(24(30)28-14-4-1-5-15-28)27-33(31,32)23-13-12-21-6-2-3-7-22(21)16-23/h2-3,6-13,22,26-27H,1,4-5,14-18H2. The maximum absolute atomic E-state index is 13.3. The minimum absolute atomic E-state index is 0.0286. The first-order valence-electron chi connectivity index (χ1n) is 11.2. The van der Waals surface area contributed by atoms with E-state index >= 15 is 0 Å². The van der Waals surface area contributed by atoms with Crippen molar-refractivity contribution >= 4 is 27.8 Å². The van der Waals surface area contributed by atoms with Crippen LogP contribution >= 0.6 is 11.8 Å². The van der Waals surface area contributed by atoms with E-state index in [1.54, 1.807) is 11.0 Å². The molecule has 0 radical (unpaired) electrons. The van der Waals surface area contributed by atoms with Crippen molar-refractivity contribution in [2.24, 2.45) is 5.92 Å². The van der Waals surface area contributed by atoms with Crippen LogP contribution in [-0.4, -0.2) is 37.4 Å². The normalized spacial score (nSPS) is 20.2. The van der Waals surface area contributed by atoms with E-state index in [0.29, 0.717) is 26.1 Å². The zero-order valence-corrected chi connectivity index (χ0v) is 20.0. The fraction of sp³-hybridized carbons (Fsp3) is 0.375. The third-order valence-electron chi connectivity index (χ3n) is 6.12. The van der Waals surface area contributed by atoms with Gasteiger partial charge in [-0.25, -0.2) is 23.1 Å². The molecule has 1 saturated heterocycles. The minimum Gasteiger partial charge on any atom is -0.324 e. The van der Waals surface area contributed by atoms with Crippen molar-refractivity contribution < 1.29 is 13.2 Å². The average molecular weight is 489 g/mol. The molecule has 7 nitrogen and oxygen atoms in total. The Labute approximate surface area is 200 Å². The van der Waals surface area contributed by atoms with Crippen LogP contribution in [-0.2, 0) is 23.1 Å².